The first kappa shape index (κ1) is 19.5. The molecule has 0 aliphatic carbocycles. The third kappa shape index (κ3) is 4.01. The van der Waals surface area contributed by atoms with Gasteiger partial charge in [0.1, 0.15) is 5.92 Å². The van der Waals surface area contributed by atoms with Crippen LogP contribution in [0, 0.1) is 11.8 Å². The second-order valence-electron chi connectivity index (χ2n) is 6.57. The zero-order valence-corrected chi connectivity index (χ0v) is 15.5. The van der Waals surface area contributed by atoms with Crippen molar-refractivity contribution in [3.63, 3.8) is 0 Å². The van der Waals surface area contributed by atoms with E-state index in [1.54, 1.807) is 37.3 Å². The smallest absolute Gasteiger partial charge is 0.317 e. The molecule has 0 N–H and O–H groups in total. The highest BCUT2D eigenvalue weighted by Gasteiger charge is 2.49. The second kappa shape index (κ2) is 8.61. The topological polar surface area (TPSA) is 80.8 Å². The highest BCUT2D eigenvalue weighted by atomic mass is 16.5. The summed E-state index contributed by atoms with van der Waals surface area (Å²) in [6, 6.07) is 17.4. The Morgan fingerprint density at radius 1 is 1.04 bits per heavy atom. The monoisotopic (exact) mass is 379 g/mol. The maximum absolute atomic E-state index is 13.0. The number of hydrogen-bond acceptors (Lipinski definition) is 5. The number of ketones is 1. The average Bonchev–Trinajstić information content (AvgIpc) is 2.98. The molecule has 0 aromatic heterocycles. The number of Topliss-reactive ketones (excluding diaryl/α,β-unsaturated/α-hetero) is 1. The summed E-state index contributed by atoms with van der Waals surface area (Å²) in [4.78, 5) is 52.1. The molecule has 1 aliphatic rings. The summed E-state index contributed by atoms with van der Waals surface area (Å²) in [6.07, 6.45) is -0.187. The summed E-state index contributed by atoms with van der Waals surface area (Å²) < 4.78 is 5.05. The fraction of sp³-hybridized carbons (Fsp3) is 0.273. The zero-order chi connectivity index (χ0) is 20.1. The van der Waals surface area contributed by atoms with Crippen LogP contribution in [0.15, 0.2) is 60.7 Å². The minimum Gasteiger partial charge on any atom is -0.465 e. The first-order valence-corrected chi connectivity index (χ1v) is 9.17. The first-order chi connectivity index (χ1) is 13.5. The van der Waals surface area contributed by atoms with Gasteiger partial charge < -0.3 is 4.74 Å². The third-order valence-corrected chi connectivity index (χ3v) is 4.75. The summed E-state index contributed by atoms with van der Waals surface area (Å²) in [5.41, 5.74) is 1.11. The largest absolute Gasteiger partial charge is 0.465 e. The fourth-order valence-electron chi connectivity index (χ4n) is 3.37. The van der Waals surface area contributed by atoms with Crippen LogP contribution in [0.3, 0.4) is 0 Å². The number of imide groups is 1. The zero-order valence-electron chi connectivity index (χ0n) is 15.5. The number of benzene rings is 2. The number of hydrogen-bond donors (Lipinski definition) is 0. The Morgan fingerprint density at radius 3 is 2.25 bits per heavy atom. The van der Waals surface area contributed by atoms with Gasteiger partial charge in [-0.2, -0.15) is 0 Å². The summed E-state index contributed by atoms with van der Waals surface area (Å²) >= 11 is 0. The molecule has 2 aromatic rings. The van der Waals surface area contributed by atoms with E-state index in [-0.39, 0.29) is 19.6 Å². The van der Waals surface area contributed by atoms with E-state index < -0.39 is 35.4 Å². The molecule has 2 amide bonds. The van der Waals surface area contributed by atoms with Gasteiger partial charge in [0.05, 0.1) is 19.1 Å². The van der Waals surface area contributed by atoms with Gasteiger partial charge in [-0.3, -0.25) is 24.1 Å². The lowest BCUT2D eigenvalue weighted by Crippen LogP contribution is -2.38. The fourth-order valence-corrected chi connectivity index (χ4v) is 3.37. The summed E-state index contributed by atoms with van der Waals surface area (Å²) in [6.45, 7) is 1.83. The van der Waals surface area contributed by atoms with E-state index in [0.29, 0.717) is 5.56 Å². The van der Waals surface area contributed by atoms with Crippen LogP contribution in [0.5, 0.6) is 0 Å². The Labute approximate surface area is 163 Å². The lowest BCUT2D eigenvalue weighted by atomic mass is 9.84. The van der Waals surface area contributed by atoms with Gasteiger partial charge in [0.25, 0.3) is 0 Å². The molecule has 1 fully saturated rings. The predicted molar refractivity (Wildman–Crippen MR) is 101 cm³/mol. The quantitative estimate of drug-likeness (QED) is 0.320. The minimum atomic E-state index is -1.33. The molecule has 28 heavy (non-hydrogen) atoms. The molecule has 1 saturated heterocycles. The molecule has 0 bridgehead atoms. The molecule has 0 radical (unpaired) electrons. The Balaban J connectivity index is 1.88. The van der Waals surface area contributed by atoms with Crippen LogP contribution >= 0.6 is 0 Å². The summed E-state index contributed by atoms with van der Waals surface area (Å²) in [5.74, 6) is -4.58. The van der Waals surface area contributed by atoms with Gasteiger partial charge in [0.15, 0.2) is 5.78 Å². The summed E-state index contributed by atoms with van der Waals surface area (Å²) in [5, 5.41) is 0. The molecular formula is C22H21NO5. The average molecular weight is 379 g/mol. The molecule has 6 heteroatoms. The molecule has 2 atom stereocenters. The van der Waals surface area contributed by atoms with E-state index in [9.17, 15) is 19.2 Å². The Bertz CT molecular complexity index is 878. The van der Waals surface area contributed by atoms with Gasteiger partial charge in [-0.15, -0.1) is 0 Å². The molecule has 1 heterocycles. The number of amides is 2. The van der Waals surface area contributed by atoms with Crippen molar-refractivity contribution < 1.29 is 23.9 Å². The van der Waals surface area contributed by atoms with E-state index in [2.05, 4.69) is 0 Å². The third-order valence-electron chi connectivity index (χ3n) is 4.75. The minimum absolute atomic E-state index is 0.0833. The Morgan fingerprint density at radius 2 is 1.64 bits per heavy atom. The molecule has 0 saturated carbocycles. The van der Waals surface area contributed by atoms with Crippen molar-refractivity contribution in [2.24, 2.45) is 11.8 Å². The van der Waals surface area contributed by atoms with Crippen LogP contribution in [-0.4, -0.2) is 35.1 Å². The number of rotatable bonds is 7. The van der Waals surface area contributed by atoms with Crippen molar-refractivity contribution in [3.8, 4) is 0 Å². The number of esters is 1. The molecule has 144 valence electrons. The van der Waals surface area contributed by atoms with Gasteiger partial charge in [0, 0.05) is 12.0 Å². The normalized spacial score (nSPS) is 17.5. The lowest BCUT2D eigenvalue weighted by Gasteiger charge is -2.20. The number of carbonyl (C=O) groups excluding carboxylic acids is 4. The standard InChI is InChI=1S/C22H21NO5/c1-2-28-22(27)19(20(25)16-11-7-4-8-12-16)17-13-18(24)23(21(17)26)14-15-9-5-3-6-10-15/h3-12,17,19H,2,13-14H2,1H3/t17-,19?/m1/s1. The molecule has 2 aromatic carbocycles. The number of carbonyl (C=O) groups is 4. The predicted octanol–water partition coefficient (Wildman–Crippen LogP) is 2.62. The van der Waals surface area contributed by atoms with Gasteiger partial charge in [0.2, 0.25) is 11.8 Å². The lowest BCUT2D eigenvalue weighted by molar-refractivity contribution is -0.151. The van der Waals surface area contributed by atoms with Crippen molar-refractivity contribution in [1.82, 2.24) is 4.90 Å². The van der Waals surface area contributed by atoms with Crippen molar-refractivity contribution >= 4 is 23.6 Å². The van der Waals surface area contributed by atoms with Crippen LogP contribution in [0.2, 0.25) is 0 Å². The van der Waals surface area contributed by atoms with E-state index in [0.717, 1.165) is 10.5 Å². The van der Waals surface area contributed by atoms with E-state index >= 15 is 0 Å². The van der Waals surface area contributed by atoms with Crippen LogP contribution in [0.25, 0.3) is 0 Å². The number of ether oxygens (including phenoxy) is 1. The maximum Gasteiger partial charge on any atom is 0.317 e. The highest BCUT2D eigenvalue weighted by Crippen LogP contribution is 2.31. The van der Waals surface area contributed by atoms with Crippen molar-refractivity contribution in [2.75, 3.05) is 6.61 Å². The molecule has 3 rings (SSSR count). The SMILES string of the molecule is CCOC(=O)C(C(=O)c1ccccc1)[C@H]1CC(=O)N(Cc2ccccc2)C1=O. The maximum atomic E-state index is 13.0. The molecule has 0 spiro atoms. The summed E-state index contributed by atoms with van der Waals surface area (Å²) in [7, 11) is 0. The molecule has 1 unspecified atom stereocenters. The van der Waals surface area contributed by atoms with Gasteiger partial charge >= 0.3 is 5.97 Å². The van der Waals surface area contributed by atoms with Gasteiger partial charge in [-0.25, -0.2) is 0 Å². The van der Waals surface area contributed by atoms with Crippen LogP contribution in [0.1, 0.15) is 29.3 Å². The Kier molecular flexibility index (Phi) is 5.99. The first-order valence-electron chi connectivity index (χ1n) is 9.17. The number of nitrogens with zero attached hydrogens (tertiary/aromatic N) is 1. The second-order valence-corrected chi connectivity index (χ2v) is 6.57. The van der Waals surface area contributed by atoms with Crippen LogP contribution < -0.4 is 0 Å². The molecule has 1 aliphatic heterocycles. The van der Waals surface area contributed by atoms with Crippen molar-refractivity contribution in [2.45, 2.75) is 19.9 Å². The Hall–Kier alpha value is -3.28. The van der Waals surface area contributed by atoms with Crippen LogP contribution in [0.4, 0.5) is 0 Å². The molecule has 6 nitrogen and oxygen atoms in total. The van der Waals surface area contributed by atoms with Gasteiger partial charge in [-0.1, -0.05) is 60.7 Å². The van der Waals surface area contributed by atoms with E-state index in [1.807, 2.05) is 30.3 Å². The van der Waals surface area contributed by atoms with Crippen LogP contribution in [-0.2, 0) is 25.7 Å². The highest BCUT2D eigenvalue weighted by molar-refractivity contribution is 6.14. The van der Waals surface area contributed by atoms with E-state index in [4.69, 9.17) is 4.74 Å². The van der Waals surface area contributed by atoms with Crippen molar-refractivity contribution in [1.29, 1.82) is 0 Å². The van der Waals surface area contributed by atoms with E-state index in [1.165, 1.54) is 0 Å². The number of likely N-dealkylation sites (tertiary alicyclic amines) is 1. The van der Waals surface area contributed by atoms with Crippen molar-refractivity contribution in [3.05, 3.63) is 71.8 Å². The van der Waals surface area contributed by atoms with Gasteiger partial charge in [-0.05, 0) is 12.5 Å². The molecular weight excluding hydrogens is 358 g/mol.